The number of hydrogen-bond acceptors (Lipinski definition) is 3. The highest BCUT2D eigenvalue weighted by molar-refractivity contribution is 5.82. The van der Waals surface area contributed by atoms with Crippen LogP contribution in [0.3, 0.4) is 0 Å². The number of likely N-dealkylation sites (tertiary alicyclic amines) is 1. The minimum Gasteiger partial charge on any atom is -0.389 e. The van der Waals surface area contributed by atoms with Crippen molar-refractivity contribution in [2.24, 2.45) is 5.92 Å². The van der Waals surface area contributed by atoms with Crippen LogP contribution in [0.1, 0.15) is 44.9 Å². The first kappa shape index (κ1) is 18.0. The average Bonchev–Trinajstić information content (AvgIpc) is 2.90. The molecule has 0 aromatic carbocycles. The normalized spacial score (nSPS) is 22.2. The molecule has 23 heavy (non-hydrogen) atoms. The van der Waals surface area contributed by atoms with Crippen LogP contribution in [-0.2, 0) is 9.59 Å². The second-order valence-electron chi connectivity index (χ2n) is 6.65. The van der Waals surface area contributed by atoms with Gasteiger partial charge in [0.2, 0.25) is 5.91 Å². The van der Waals surface area contributed by atoms with Gasteiger partial charge in [-0.05, 0) is 31.6 Å². The Hall–Kier alpha value is -1.31. The zero-order chi connectivity index (χ0) is 17.1. The highest BCUT2D eigenvalue weighted by atomic mass is 19.4. The van der Waals surface area contributed by atoms with Crippen molar-refractivity contribution in [1.82, 2.24) is 10.2 Å². The van der Waals surface area contributed by atoms with Gasteiger partial charge < -0.3 is 15.3 Å². The van der Waals surface area contributed by atoms with Crippen molar-refractivity contribution in [1.29, 1.82) is 0 Å². The Kier molecular flexibility index (Phi) is 5.54. The molecule has 1 aliphatic heterocycles. The number of nitrogens with zero attached hydrogens (tertiary/aromatic N) is 1. The van der Waals surface area contributed by atoms with E-state index in [4.69, 9.17) is 0 Å². The summed E-state index contributed by atoms with van der Waals surface area (Å²) in [7, 11) is 0. The fourth-order valence-corrected chi connectivity index (χ4v) is 3.35. The lowest BCUT2D eigenvalue weighted by Gasteiger charge is -2.32. The van der Waals surface area contributed by atoms with Crippen molar-refractivity contribution in [2.75, 3.05) is 19.6 Å². The molecular weight excluding hydrogens is 313 g/mol. The smallest absolute Gasteiger partial charge is 0.389 e. The van der Waals surface area contributed by atoms with Gasteiger partial charge in [0, 0.05) is 19.6 Å². The number of carbonyl (C=O) groups excluding carboxylic acids is 2. The third-order valence-corrected chi connectivity index (χ3v) is 4.76. The number of halogens is 3. The second-order valence-corrected chi connectivity index (χ2v) is 6.65. The predicted octanol–water partition coefficient (Wildman–Crippen LogP) is 1.60. The maximum Gasteiger partial charge on any atom is 0.471 e. The summed E-state index contributed by atoms with van der Waals surface area (Å²) in [6.07, 6.45) is -0.739. The molecule has 2 amide bonds. The summed E-state index contributed by atoms with van der Waals surface area (Å²) in [6, 6.07) is 0. The summed E-state index contributed by atoms with van der Waals surface area (Å²) >= 11 is 0. The topological polar surface area (TPSA) is 69.6 Å². The molecule has 0 radical (unpaired) electrons. The van der Waals surface area contributed by atoms with E-state index in [-0.39, 0.29) is 31.3 Å². The van der Waals surface area contributed by atoms with Crippen molar-refractivity contribution in [2.45, 2.75) is 56.7 Å². The summed E-state index contributed by atoms with van der Waals surface area (Å²) in [6.45, 7) is 0.495. The van der Waals surface area contributed by atoms with Crippen LogP contribution in [0.5, 0.6) is 0 Å². The van der Waals surface area contributed by atoms with E-state index in [2.05, 4.69) is 5.32 Å². The van der Waals surface area contributed by atoms with Crippen LogP contribution in [0, 0.1) is 5.92 Å². The number of piperidine rings is 1. The van der Waals surface area contributed by atoms with Crippen molar-refractivity contribution < 1.29 is 27.9 Å². The molecule has 0 unspecified atom stereocenters. The van der Waals surface area contributed by atoms with Gasteiger partial charge in [-0.2, -0.15) is 13.2 Å². The first-order valence-electron chi connectivity index (χ1n) is 8.05. The summed E-state index contributed by atoms with van der Waals surface area (Å²) < 4.78 is 37.0. The molecule has 1 heterocycles. The number of amides is 2. The highest BCUT2D eigenvalue weighted by Gasteiger charge is 2.43. The average molecular weight is 336 g/mol. The summed E-state index contributed by atoms with van der Waals surface area (Å²) in [4.78, 5) is 23.8. The van der Waals surface area contributed by atoms with E-state index in [0.717, 1.165) is 17.7 Å². The number of hydrogen-bond donors (Lipinski definition) is 2. The van der Waals surface area contributed by atoms with Crippen molar-refractivity contribution in [3.63, 3.8) is 0 Å². The van der Waals surface area contributed by atoms with Gasteiger partial charge in [-0.25, -0.2) is 0 Å². The third-order valence-electron chi connectivity index (χ3n) is 4.76. The largest absolute Gasteiger partial charge is 0.471 e. The van der Waals surface area contributed by atoms with Crippen LogP contribution in [0.4, 0.5) is 13.2 Å². The molecule has 2 rings (SSSR count). The second kappa shape index (κ2) is 7.07. The van der Waals surface area contributed by atoms with Gasteiger partial charge in [-0.15, -0.1) is 0 Å². The molecule has 2 aliphatic rings. The number of aliphatic hydroxyl groups is 1. The summed E-state index contributed by atoms with van der Waals surface area (Å²) in [5, 5.41) is 12.9. The van der Waals surface area contributed by atoms with E-state index in [1.165, 1.54) is 0 Å². The SMILES string of the molecule is O=C(CC1(O)CCCC1)NCC1CCN(C(=O)C(F)(F)F)CC1. The van der Waals surface area contributed by atoms with Gasteiger partial charge >= 0.3 is 12.1 Å². The molecular formula is C15H23F3N2O3. The monoisotopic (exact) mass is 336 g/mol. The Morgan fingerprint density at radius 3 is 2.26 bits per heavy atom. The maximum atomic E-state index is 12.3. The molecule has 8 heteroatoms. The van der Waals surface area contributed by atoms with E-state index < -0.39 is 17.7 Å². The van der Waals surface area contributed by atoms with E-state index in [9.17, 15) is 27.9 Å². The zero-order valence-electron chi connectivity index (χ0n) is 13.0. The summed E-state index contributed by atoms with van der Waals surface area (Å²) in [5.74, 6) is -1.94. The Morgan fingerprint density at radius 1 is 1.17 bits per heavy atom. The Morgan fingerprint density at radius 2 is 1.74 bits per heavy atom. The number of alkyl halides is 3. The molecule has 132 valence electrons. The molecule has 5 nitrogen and oxygen atoms in total. The molecule has 0 bridgehead atoms. The lowest BCUT2D eigenvalue weighted by atomic mass is 9.95. The number of carbonyl (C=O) groups is 2. The molecule has 0 atom stereocenters. The Bertz CT molecular complexity index is 440. The fraction of sp³-hybridized carbons (Fsp3) is 0.867. The molecule has 1 saturated heterocycles. The fourth-order valence-electron chi connectivity index (χ4n) is 3.35. The predicted molar refractivity (Wildman–Crippen MR) is 76.4 cm³/mol. The standard InChI is InChI=1S/C15H23F3N2O3/c16-15(17,18)13(22)20-7-3-11(4-8-20)10-19-12(21)9-14(23)5-1-2-6-14/h11,23H,1-10H2,(H,19,21). The van der Waals surface area contributed by atoms with Gasteiger partial charge in [0.15, 0.2) is 0 Å². The number of rotatable bonds is 4. The van der Waals surface area contributed by atoms with Gasteiger partial charge in [0.25, 0.3) is 0 Å². The van der Waals surface area contributed by atoms with E-state index in [1.807, 2.05) is 0 Å². The summed E-state index contributed by atoms with van der Waals surface area (Å²) in [5.41, 5.74) is -0.896. The Labute approximate surface area is 133 Å². The van der Waals surface area contributed by atoms with E-state index in [0.29, 0.717) is 32.2 Å². The molecule has 1 aliphatic carbocycles. The molecule has 0 aromatic rings. The number of nitrogens with one attached hydrogen (secondary N) is 1. The molecule has 2 N–H and O–H groups in total. The minimum atomic E-state index is -4.82. The van der Waals surface area contributed by atoms with Gasteiger partial charge in [0.05, 0.1) is 12.0 Å². The van der Waals surface area contributed by atoms with Crippen molar-refractivity contribution >= 4 is 11.8 Å². The van der Waals surface area contributed by atoms with Crippen molar-refractivity contribution in [3.8, 4) is 0 Å². The van der Waals surface area contributed by atoms with Gasteiger partial charge in [-0.3, -0.25) is 9.59 Å². The van der Waals surface area contributed by atoms with Crippen molar-refractivity contribution in [3.05, 3.63) is 0 Å². The molecule has 2 fully saturated rings. The van der Waals surface area contributed by atoms with Gasteiger partial charge in [-0.1, -0.05) is 12.8 Å². The lowest BCUT2D eigenvalue weighted by Crippen LogP contribution is -2.47. The van der Waals surface area contributed by atoms with Crippen LogP contribution < -0.4 is 5.32 Å². The molecule has 0 aromatic heterocycles. The maximum absolute atomic E-state index is 12.3. The van der Waals surface area contributed by atoms with Crippen LogP contribution in [0.25, 0.3) is 0 Å². The van der Waals surface area contributed by atoms with E-state index >= 15 is 0 Å². The lowest BCUT2D eigenvalue weighted by molar-refractivity contribution is -0.186. The van der Waals surface area contributed by atoms with Crippen LogP contribution in [0.15, 0.2) is 0 Å². The first-order valence-corrected chi connectivity index (χ1v) is 8.05. The van der Waals surface area contributed by atoms with E-state index in [1.54, 1.807) is 0 Å². The third kappa shape index (κ3) is 5.09. The van der Waals surface area contributed by atoms with Crippen LogP contribution >= 0.6 is 0 Å². The molecule has 0 spiro atoms. The minimum absolute atomic E-state index is 0.0584. The zero-order valence-corrected chi connectivity index (χ0v) is 13.0. The highest BCUT2D eigenvalue weighted by Crippen LogP contribution is 2.32. The van der Waals surface area contributed by atoms with Crippen LogP contribution in [-0.4, -0.2) is 53.2 Å². The molecule has 1 saturated carbocycles. The first-order chi connectivity index (χ1) is 10.7. The van der Waals surface area contributed by atoms with Crippen LogP contribution in [0.2, 0.25) is 0 Å². The quantitative estimate of drug-likeness (QED) is 0.819. The van der Waals surface area contributed by atoms with Gasteiger partial charge in [0.1, 0.15) is 0 Å². The Balaban J connectivity index is 1.68.